The van der Waals surface area contributed by atoms with Gasteiger partial charge < -0.3 is 10.3 Å². The topological polar surface area (TPSA) is 129 Å². The molecule has 10 heteroatoms. The lowest BCUT2D eigenvalue weighted by atomic mass is 10.2. The van der Waals surface area contributed by atoms with E-state index in [2.05, 4.69) is 10.3 Å². The summed E-state index contributed by atoms with van der Waals surface area (Å²) >= 11 is 0. The van der Waals surface area contributed by atoms with Crippen LogP contribution in [-0.2, 0) is 10.2 Å². The van der Waals surface area contributed by atoms with Gasteiger partial charge in [-0.05, 0) is 24.3 Å². The van der Waals surface area contributed by atoms with E-state index < -0.39 is 32.3 Å². The van der Waals surface area contributed by atoms with E-state index in [9.17, 15) is 26.7 Å². The Bertz CT molecular complexity index is 898. The number of halogens is 1. The van der Waals surface area contributed by atoms with Gasteiger partial charge >= 0.3 is 15.9 Å². The highest BCUT2D eigenvalue weighted by Gasteiger charge is 2.13. The molecule has 0 spiro atoms. The van der Waals surface area contributed by atoms with Crippen LogP contribution in [-0.4, -0.2) is 24.3 Å². The second-order valence-electron chi connectivity index (χ2n) is 3.90. The fourth-order valence-electron chi connectivity index (χ4n) is 1.47. The normalized spacial score (nSPS) is 11.1. The third-order valence-corrected chi connectivity index (χ3v) is 3.30. The summed E-state index contributed by atoms with van der Waals surface area (Å²) in [7, 11) is -4.84. The number of benzene rings is 1. The number of carbonyl (C=O) groups is 1. The highest BCUT2D eigenvalue weighted by atomic mass is 32.3. The molecule has 0 aliphatic carbocycles. The summed E-state index contributed by atoms with van der Waals surface area (Å²) in [4.78, 5) is 37.5. The number of aromatic amines is 2. The molecule has 3 N–H and O–H groups in total. The molecule has 0 saturated carbocycles. The molecule has 2 aromatic rings. The Morgan fingerprint density at radius 3 is 2.29 bits per heavy atom. The lowest BCUT2D eigenvalue weighted by Gasteiger charge is -2.04. The van der Waals surface area contributed by atoms with Gasteiger partial charge in [0.2, 0.25) is 0 Å². The molecule has 8 nitrogen and oxygen atoms in total. The SMILES string of the molecule is O=C(Nc1c[nH]c(=O)[nH]c1=O)c1ccc(S(=O)(=O)F)cc1. The molecule has 0 radical (unpaired) electrons. The zero-order valence-corrected chi connectivity index (χ0v) is 11.0. The van der Waals surface area contributed by atoms with Gasteiger partial charge in [-0.15, -0.1) is 3.89 Å². The molecule has 1 amide bonds. The molecule has 1 heterocycles. The first-order valence-corrected chi connectivity index (χ1v) is 6.84. The summed E-state index contributed by atoms with van der Waals surface area (Å²) in [6.45, 7) is 0. The molecule has 2 rings (SSSR count). The second kappa shape index (κ2) is 5.32. The highest BCUT2D eigenvalue weighted by Crippen LogP contribution is 2.13. The first-order chi connectivity index (χ1) is 9.77. The van der Waals surface area contributed by atoms with Crippen LogP contribution in [0.1, 0.15) is 10.4 Å². The van der Waals surface area contributed by atoms with Crippen LogP contribution in [0.2, 0.25) is 0 Å². The van der Waals surface area contributed by atoms with Gasteiger partial charge in [0.25, 0.3) is 11.5 Å². The number of carbonyl (C=O) groups excluding carboxylic acids is 1. The monoisotopic (exact) mass is 313 g/mol. The summed E-state index contributed by atoms with van der Waals surface area (Å²) in [6.07, 6.45) is 1.01. The quantitative estimate of drug-likeness (QED) is 0.685. The molecule has 21 heavy (non-hydrogen) atoms. The van der Waals surface area contributed by atoms with Gasteiger partial charge in [0.1, 0.15) is 5.69 Å². The van der Waals surface area contributed by atoms with Crippen LogP contribution in [0.3, 0.4) is 0 Å². The van der Waals surface area contributed by atoms with Crippen LogP contribution >= 0.6 is 0 Å². The van der Waals surface area contributed by atoms with E-state index in [1.807, 2.05) is 4.98 Å². The molecule has 0 fully saturated rings. The average molecular weight is 313 g/mol. The average Bonchev–Trinajstić information content (AvgIpc) is 2.41. The lowest BCUT2D eigenvalue weighted by molar-refractivity contribution is 0.102. The molecular formula is C11H8FN3O5S. The van der Waals surface area contributed by atoms with Gasteiger partial charge in [-0.2, -0.15) is 8.42 Å². The fraction of sp³-hybridized carbons (Fsp3) is 0. The predicted molar refractivity (Wildman–Crippen MR) is 70.4 cm³/mol. The van der Waals surface area contributed by atoms with Gasteiger partial charge in [-0.3, -0.25) is 14.6 Å². The summed E-state index contributed by atoms with van der Waals surface area (Å²) in [5, 5.41) is 2.22. The van der Waals surface area contributed by atoms with Crippen LogP contribution in [0, 0.1) is 0 Å². The van der Waals surface area contributed by atoms with Crippen molar-refractivity contribution in [2.24, 2.45) is 0 Å². The standard InChI is InChI=1S/C11H8FN3O5S/c12-21(19,20)7-3-1-6(2-4-7)9(16)14-8-5-13-11(18)15-10(8)17/h1-5H,(H,14,16)(H2,13,15,17,18). The van der Waals surface area contributed by atoms with E-state index in [1.165, 1.54) is 0 Å². The molecule has 0 aliphatic heterocycles. The van der Waals surface area contributed by atoms with Gasteiger partial charge in [0, 0.05) is 11.8 Å². The van der Waals surface area contributed by atoms with Crippen molar-refractivity contribution in [2.75, 3.05) is 5.32 Å². The third kappa shape index (κ3) is 3.42. The van der Waals surface area contributed by atoms with E-state index in [0.29, 0.717) is 0 Å². The zero-order chi connectivity index (χ0) is 15.6. The Balaban J connectivity index is 2.25. The number of aromatic nitrogens is 2. The van der Waals surface area contributed by atoms with Gasteiger partial charge in [0.15, 0.2) is 0 Å². The van der Waals surface area contributed by atoms with Crippen molar-refractivity contribution in [3.63, 3.8) is 0 Å². The first-order valence-electron chi connectivity index (χ1n) is 5.45. The molecule has 110 valence electrons. The maximum absolute atomic E-state index is 12.7. The summed E-state index contributed by atoms with van der Waals surface area (Å²) < 4.78 is 34.0. The number of hydrogen-bond donors (Lipinski definition) is 3. The molecule has 0 unspecified atom stereocenters. The maximum atomic E-state index is 12.7. The lowest BCUT2D eigenvalue weighted by Crippen LogP contribution is -2.26. The minimum atomic E-state index is -4.84. The summed E-state index contributed by atoms with van der Waals surface area (Å²) in [5.74, 6) is -0.727. The van der Waals surface area contributed by atoms with Crippen LogP contribution in [0.15, 0.2) is 44.9 Å². The molecule has 0 aliphatic rings. The Morgan fingerprint density at radius 1 is 1.14 bits per heavy atom. The van der Waals surface area contributed by atoms with E-state index in [4.69, 9.17) is 0 Å². The molecule has 0 atom stereocenters. The van der Waals surface area contributed by atoms with Crippen LogP contribution in [0.4, 0.5) is 9.57 Å². The fourth-order valence-corrected chi connectivity index (χ4v) is 1.93. The first kappa shape index (κ1) is 14.7. The predicted octanol–water partition coefficient (Wildman–Crippen LogP) is -0.0263. The van der Waals surface area contributed by atoms with Gasteiger partial charge in [-0.25, -0.2) is 4.79 Å². The van der Waals surface area contributed by atoms with Crippen molar-refractivity contribution in [1.82, 2.24) is 9.97 Å². The number of amides is 1. The highest BCUT2D eigenvalue weighted by molar-refractivity contribution is 7.86. The van der Waals surface area contributed by atoms with Crippen molar-refractivity contribution in [1.29, 1.82) is 0 Å². The van der Waals surface area contributed by atoms with Crippen molar-refractivity contribution in [3.05, 3.63) is 56.9 Å². The molecular weight excluding hydrogens is 305 g/mol. The zero-order valence-electron chi connectivity index (χ0n) is 10.2. The van der Waals surface area contributed by atoms with Crippen molar-refractivity contribution < 1.29 is 17.1 Å². The number of hydrogen-bond acceptors (Lipinski definition) is 5. The molecule has 0 saturated heterocycles. The van der Waals surface area contributed by atoms with Gasteiger partial charge in [-0.1, -0.05) is 0 Å². The Hall–Kier alpha value is -2.75. The molecule has 1 aromatic heterocycles. The second-order valence-corrected chi connectivity index (χ2v) is 5.25. The minimum Gasteiger partial charge on any atom is -0.316 e. The van der Waals surface area contributed by atoms with Crippen LogP contribution in [0.5, 0.6) is 0 Å². The van der Waals surface area contributed by atoms with Gasteiger partial charge in [0.05, 0.1) is 4.90 Å². The molecule has 1 aromatic carbocycles. The van der Waals surface area contributed by atoms with Crippen LogP contribution < -0.4 is 16.6 Å². The number of H-pyrrole nitrogens is 2. The smallest absolute Gasteiger partial charge is 0.316 e. The van der Waals surface area contributed by atoms with Crippen molar-refractivity contribution in [2.45, 2.75) is 4.90 Å². The van der Waals surface area contributed by atoms with Crippen molar-refractivity contribution >= 4 is 21.8 Å². The number of anilines is 1. The largest absolute Gasteiger partial charge is 0.332 e. The van der Waals surface area contributed by atoms with E-state index in [-0.39, 0.29) is 11.3 Å². The molecule has 0 bridgehead atoms. The minimum absolute atomic E-state index is 0.00741. The van der Waals surface area contributed by atoms with Crippen molar-refractivity contribution in [3.8, 4) is 0 Å². The van der Waals surface area contributed by atoms with Crippen LogP contribution in [0.25, 0.3) is 0 Å². The number of rotatable bonds is 3. The number of nitrogens with one attached hydrogen (secondary N) is 3. The van der Waals surface area contributed by atoms with E-state index in [1.54, 1.807) is 0 Å². The summed E-state index contributed by atoms with van der Waals surface area (Å²) in [5.41, 5.74) is -1.71. The Kier molecular flexibility index (Phi) is 3.72. The Morgan fingerprint density at radius 2 is 1.76 bits per heavy atom. The maximum Gasteiger partial charge on any atom is 0.332 e. The summed E-state index contributed by atoms with van der Waals surface area (Å²) in [6, 6.07) is 4.01. The van der Waals surface area contributed by atoms with E-state index in [0.717, 1.165) is 30.5 Å². The van der Waals surface area contributed by atoms with E-state index >= 15 is 0 Å². The third-order valence-electron chi connectivity index (χ3n) is 2.47. The Labute approximate surface area is 116 Å².